The number of carbonyl (C=O) groups excluding carboxylic acids is 4. The number of hydrogen-bond acceptors (Lipinski definition) is 6. The molecule has 0 saturated carbocycles. The number of unbranched alkanes of at least 4 members (excludes halogenated alkanes) is 1. The van der Waals surface area contributed by atoms with Crippen LogP contribution in [0.25, 0.3) is 0 Å². The number of carbonyl (C=O) groups is 4. The first-order valence-electron chi connectivity index (χ1n) is 9.93. The number of benzene rings is 2. The minimum Gasteiger partial charge on any atom is -0.496 e. The van der Waals surface area contributed by atoms with Crippen LogP contribution in [0, 0.1) is 0 Å². The molecule has 162 valence electrons. The lowest BCUT2D eigenvalue weighted by Gasteiger charge is -2.16. The molecule has 31 heavy (non-hydrogen) atoms. The van der Waals surface area contributed by atoms with Crippen LogP contribution in [0.5, 0.6) is 5.75 Å². The van der Waals surface area contributed by atoms with Crippen molar-refractivity contribution in [3.8, 4) is 5.75 Å². The van der Waals surface area contributed by atoms with Gasteiger partial charge in [-0.15, -0.1) is 0 Å². The van der Waals surface area contributed by atoms with Gasteiger partial charge in [-0.3, -0.25) is 24.1 Å². The van der Waals surface area contributed by atoms with Crippen LogP contribution in [-0.4, -0.2) is 49.4 Å². The first-order chi connectivity index (χ1) is 15.0. The molecule has 2 aromatic carbocycles. The molecule has 0 unspecified atom stereocenters. The summed E-state index contributed by atoms with van der Waals surface area (Å²) >= 11 is 0. The molecule has 1 N–H and O–H groups in total. The number of imide groups is 1. The highest BCUT2D eigenvalue weighted by Crippen LogP contribution is 2.26. The number of esters is 1. The van der Waals surface area contributed by atoms with Crippen LogP contribution in [0.2, 0.25) is 0 Å². The van der Waals surface area contributed by atoms with Crippen molar-refractivity contribution < 1.29 is 28.7 Å². The Kier molecular flexibility index (Phi) is 7.02. The minimum atomic E-state index is -0.354. The summed E-state index contributed by atoms with van der Waals surface area (Å²) in [5.41, 5.74) is 1.70. The van der Waals surface area contributed by atoms with Crippen molar-refractivity contribution in [1.29, 1.82) is 0 Å². The van der Waals surface area contributed by atoms with Crippen LogP contribution in [-0.2, 0) is 16.1 Å². The number of nitrogens with one attached hydrogen (secondary N) is 1. The number of fused-ring (bicyclic) bond motifs is 1. The molecule has 3 rings (SSSR count). The van der Waals surface area contributed by atoms with Gasteiger partial charge in [-0.2, -0.15) is 0 Å². The van der Waals surface area contributed by atoms with Gasteiger partial charge in [0.05, 0.1) is 37.5 Å². The molecule has 0 aliphatic carbocycles. The molecule has 1 aliphatic heterocycles. The number of methoxy groups -OCH3 is 2. The highest BCUT2D eigenvalue weighted by Gasteiger charge is 2.35. The lowest BCUT2D eigenvalue weighted by atomic mass is 10.1. The van der Waals surface area contributed by atoms with E-state index < -0.39 is 0 Å². The molecule has 2 aromatic rings. The highest BCUT2D eigenvalue weighted by atomic mass is 16.5. The normalized spacial score (nSPS) is 12.5. The molecule has 0 atom stereocenters. The van der Waals surface area contributed by atoms with Crippen molar-refractivity contribution in [1.82, 2.24) is 10.2 Å². The Morgan fingerprint density at radius 3 is 2.26 bits per heavy atom. The average Bonchev–Trinajstić information content (AvgIpc) is 3.03. The Labute approximate surface area is 180 Å². The van der Waals surface area contributed by atoms with Crippen molar-refractivity contribution >= 4 is 23.7 Å². The summed E-state index contributed by atoms with van der Waals surface area (Å²) in [5.74, 6) is -0.938. The van der Waals surface area contributed by atoms with Gasteiger partial charge < -0.3 is 14.8 Å². The van der Waals surface area contributed by atoms with Crippen molar-refractivity contribution in [2.24, 2.45) is 0 Å². The zero-order chi connectivity index (χ0) is 22.4. The van der Waals surface area contributed by atoms with Crippen molar-refractivity contribution in [2.75, 3.05) is 20.8 Å². The number of rotatable bonds is 9. The standard InChI is InChI=1S/C23H24N2O6/c1-30-19-11-10-15(13-18(19)21(27)24-12-6-5-9-20(26)31-2)14-25-22(28)16-7-3-4-8-17(16)23(25)29/h3-4,7-8,10-11,13H,5-6,9,12,14H2,1-2H3,(H,24,27). The van der Waals surface area contributed by atoms with Gasteiger partial charge in [0.15, 0.2) is 0 Å². The van der Waals surface area contributed by atoms with E-state index >= 15 is 0 Å². The van der Waals surface area contributed by atoms with Gasteiger partial charge in [0.25, 0.3) is 17.7 Å². The van der Waals surface area contributed by atoms with E-state index in [1.54, 1.807) is 42.5 Å². The number of ether oxygens (including phenoxy) is 2. The Morgan fingerprint density at radius 1 is 0.968 bits per heavy atom. The summed E-state index contributed by atoms with van der Waals surface area (Å²) in [6.45, 7) is 0.442. The van der Waals surface area contributed by atoms with Gasteiger partial charge in [0.1, 0.15) is 5.75 Å². The zero-order valence-electron chi connectivity index (χ0n) is 17.5. The van der Waals surface area contributed by atoms with E-state index in [-0.39, 0.29) is 30.2 Å². The molecule has 0 aromatic heterocycles. The summed E-state index contributed by atoms with van der Waals surface area (Å²) in [6.07, 6.45) is 1.52. The summed E-state index contributed by atoms with van der Waals surface area (Å²) in [5, 5.41) is 2.80. The molecule has 0 bridgehead atoms. The van der Waals surface area contributed by atoms with E-state index in [9.17, 15) is 19.2 Å². The molecule has 0 saturated heterocycles. The fourth-order valence-electron chi connectivity index (χ4n) is 3.39. The van der Waals surface area contributed by atoms with E-state index in [0.29, 0.717) is 53.8 Å². The maximum absolute atomic E-state index is 12.6. The molecule has 8 nitrogen and oxygen atoms in total. The lowest BCUT2D eigenvalue weighted by molar-refractivity contribution is -0.140. The lowest BCUT2D eigenvalue weighted by Crippen LogP contribution is -2.29. The monoisotopic (exact) mass is 424 g/mol. The Hall–Kier alpha value is -3.68. The summed E-state index contributed by atoms with van der Waals surface area (Å²) < 4.78 is 9.87. The smallest absolute Gasteiger partial charge is 0.305 e. The third-order valence-corrected chi connectivity index (χ3v) is 5.05. The van der Waals surface area contributed by atoms with Crippen LogP contribution in [0.3, 0.4) is 0 Å². The van der Waals surface area contributed by atoms with E-state index in [2.05, 4.69) is 10.1 Å². The highest BCUT2D eigenvalue weighted by molar-refractivity contribution is 6.21. The van der Waals surface area contributed by atoms with Crippen LogP contribution < -0.4 is 10.1 Å². The molecule has 0 fully saturated rings. The molecule has 3 amide bonds. The van der Waals surface area contributed by atoms with Crippen LogP contribution in [0.1, 0.15) is 55.9 Å². The van der Waals surface area contributed by atoms with Gasteiger partial charge in [-0.1, -0.05) is 18.2 Å². The first-order valence-corrected chi connectivity index (χ1v) is 9.93. The molecular weight excluding hydrogens is 400 g/mol. The van der Waals surface area contributed by atoms with E-state index in [1.807, 2.05) is 0 Å². The van der Waals surface area contributed by atoms with Crippen LogP contribution in [0.4, 0.5) is 0 Å². The molecule has 0 radical (unpaired) electrons. The fourth-order valence-corrected chi connectivity index (χ4v) is 3.39. The third-order valence-electron chi connectivity index (χ3n) is 5.05. The predicted molar refractivity (Wildman–Crippen MR) is 112 cm³/mol. The second-order valence-corrected chi connectivity index (χ2v) is 7.07. The van der Waals surface area contributed by atoms with E-state index in [1.165, 1.54) is 19.1 Å². The SMILES string of the molecule is COC(=O)CCCCNC(=O)c1cc(CN2C(=O)c3ccccc3C2=O)ccc1OC. The van der Waals surface area contributed by atoms with Crippen molar-refractivity contribution in [3.05, 3.63) is 64.7 Å². The van der Waals surface area contributed by atoms with E-state index in [4.69, 9.17) is 4.74 Å². The second-order valence-electron chi connectivity index (χ2n) is 7.07. The average molecular weight is 424 g/mol. The molecular formula is C23H24N2O6. The number of amides is 3. The Morgan fingerprint density at radius 2 is 1.65 bits per heavy atom. The van der Waals surface area contributed by atoms with Crippen molar-refractivity contribution in [2.45, 2.75) is 25.8 Å². The van der Waals surface area contributed by atoms with Crippen molar-refractivity contribution in [3.63, 3.8) is 0 Å². The predicted octanol–water partition coefficient (Wildman–Crippen LogP) is 2.56. The number of nitrogens with zero attached hydrogens (tertiary/aromatic N) is 1. The largest absolute Gasteiger partial charge is 0.496 e. The zero-order valence-corrected chi connectivity index (χ0v) is 17.5. The summed E-state index contributed by atoms with van der Waals surface area (Å²) in [4.78, 5) is 50.1. The maximum Gasteiger partial charge on any atom is 0.305 e. The third kappa shape index (κ3) is 4.91. The molecule has 0 spiro atoms. The summed E-state index contributed by atoms with van der Waals surface area (Å²) in [6, 6.07) is 11.7. The molecule has 8 heteroatoms. The Balaban J connectivity index is 1.67. The van der Waals surface area contributed by atoms with Crippen LogP contribution in [0.15, 0.2) is 42.5 Å². The summed E-state index contributed by atoms with van der Waals surface area (Å²) in [7, 11) is 2.80. The molecule has 1 aliphatic rings. The van der Waals surface area contributed by atoms with E-state index in [0.717, 1.165) is 0 Å². The number of hydrogen-bond donors (Lipinski definition) is 1. The van der Waals surface area contributed by atoms with Gasteiger partial charge in [-0.05, 0) is 42.7 Å². The Bertz CT molecular complexity index is 982. The van der Waals surface area contributed by atoms with Gasteiger partial charge in [0.2, 0.25) is 0 Å². The van der Waals surface area contributed by atoms with Gasteiger partial charge in [-0.25, -0.2) is 0 Å². The van der Waals surface area contributed by atoms with Crippen LogP contribution >= 0.6 is 0 Å². The maximum atomic E-state index is 12.6. The fraction of sp³-hybridized carbons (Fsp3) is 0.304. The van der Waals surface area contributed by atoms with Gasteiger partial charge >= 0.3 is 5.97 Å². The molecule has 1 heterocycles. The minimum absolute atomic E-state index is 0.0513. The second kappa shape index (κ2) is 9.88. The topological polar surface area (TPSA) is 102 Å². The van der Waals surface area contributed by atoms with Gasteiger partial charge in [0, 0.05) is 13.0 Å². The quantitative estimate of drug-likeness (QED) is 0.377. The first kappa shape index (κ1) is 22.0.